The fourth-order valence-electron chi connectivity index (χ4n) is 1.46. The van der Waals surface area contributed by atoms with Crippen LogP contribution >= 0.6 is 11.6 Å². The molecule has 0 bridgehead atoms. The molecule has 0 saturated heterocycles. The minimum absolute atomic E-state index is 0.0953. The number of halogens is 1. The van der Waals surface area contributed by atoms with Crippen LogP contribution in [0.5, 0.6) is 5.75 Å². The Bertz CT molecular complexity index is 508. The van der Waals surface area contributed by atoms with Crippen LogP contribution in [0, 0.1) is 0 Å². The van der Waals surface area contributed by atoms with E-state index in [2.05, 4.69) is 5.32 Å². The van der Waals surface area contributed by atoms with Crippen LogP contribution in [-0.2, 0) is 19.1 Å². The van der Waals surface area contributed by atoms with Crippen molar-refractivity contribution in [2.45, 2.75) is 6.92 Å². The van der Waals surface area contributed by atoms with Crippen molar-refractivity contribution in [1.82, 2.24) is 0 Å². The van der Waals surface area contributed by atoms with E-state index in [1.54, 1.807) is 6.07 Å². The van der Waals surface area contributed by atoms with Gasteiger partial charge in [0, 0.05) is 12.3 Å². The largest absolute Gasteiger partial charge is 0.480 e. The molecular formula is C14H18ClNO6. The summed E-state index contributed by atoms with van der Waals surface area (Å²) >= 11 is 5.94. The average molecular weight is 332 g/mol. The van der Waals surface area contributed by atoms with Gasteiger partial charge in [-0.2, -0.15) is 0 Å². The molecule has 0 aromatic heterocycles. The summed E-state index contributed by atoms with van der Waals surface area (Å²) in [6.07, 6.45) is 0. The summed E-state index contributed by atoms with van der Waals surface area (Å²) in [5.41, 5.74) is 0.464. The number of rotatable bonds is 10. The second-order valence-electron chi connectivity index (χ2n) is 4.13. The van der Waals surface area contributed by atoms with Gasteiger partial charge in [-0.05, 0) is 25.1 Å². The van der Waals surface area contributed by atoms with Crippen LogP contribution in [0.1, 0.15) is 6.92 Å². The number of amides is 1. The first-order chi connectivity index (χ1) is 10.5. The topological polar surface area (TPSA) is 94.1 Å². The highest BCUT2D eigenvalue weighted by Gasteiger charge is 2.08. The van der Waals surface area contributed by atoms with Gasteiger partial charge in [-0.25, -0.2) is 4.79 Å². The maximum Gasteiger partial charge on any atom is 0.341 e. The summed E-state index contributed by atoms with van der Waals surface area (Å²) in [5.74, 6) is -1.19. The van der Waals surface area contributed by atoms with Crippen molar-refractivity contribution in [3.8, 4) is 5.75 Å². The first kappa shape index (κ1) is 18.2. The second-order valence-corrected chi connectivity index (χ2v) is 4.53. The van der Waals surface area contributed by atoms with Crippen LogP contribution in [0.15, 0.2) is 18.2 Å². The van der Waals surface area contributed by atoms with Gasteiger partial charge in [0.15, 0.2) is 6.61 Å². The van der Waals surface area contributed by atoms with Crippen molar-refractivity contribution in [2.24, 2.45) is 0 Å². The van der Waals surface area contributed by atoms with Crippen molar-refractivity contribution in [2.75, 3.05) is 38.4 Å². The smallest absolute Gasteiger partial charge is 0.341 e. The van der Waals surface area contributed by atoms with Crippen LogP contribution in [0.4, 0.5) is 5.69 Å². The molecule has 0 aliphatic heterocycles. The van der Waals surface area contributed by atoms with Gasteiger partial charge >= 0.3 is 5.97 Å². The molecule has 0 spiro atoms. The van der Waals surface area contributed by atoms with Gasteiger partial charge in [-0.3, -0.25) is 4.79 Å². The lowest BCUT2D eigenvalue weighted by atomic mass is 10.3. The molecule has 0 unspecified atom stereocenters. The molecule has 7 nitrogen and oxygen atoms in total. The standard InChI is InChI=1S/C14H18ClNO6/c1-2-20-5-6-21-8-13(17)16-10-3-4-12(11(15)7-10)22-9-14(18)19/h3-4,7H,2,5-6,8-9H2,1H3,(H,16,17)(H,18,19). The molecule has 1 aromatic carbocycles. The van der Waals surface area contributed by atoms with E-state index >= 15 is 0 Å². The Labute approximate surface area is 133 Å². The van der Waals surface area contributed by atoms with E-state index in [1.165, 1.54) is 12.1 Å². The summed E-state index contributed by atoms with van der Waals surface area (Å²) in [6, 6.07) is 4.51. The van der Waals surface area contributed by atoms with Crippen molar-refractivity contribution >= 4 is 29.2 Å². The van der Waals surface area contributed by atoms with E-state index in [4.69, 9.17) is 30.9 Å². The number of benzene rings is 1. The van der Waals surface area contributed by atoms with Gasteiger partial charge in [0.05, 0.1) is 18.2 Å². The Morgan fingerprint density at radius 3 is 2.59 bits per heavy atom. The summed E-state index contributed by atoms with van der Waals surface area (Å²) < 4.78 is 15.2. The fourth-order valence-corrected chi connectivity index (χ4v) is 1.69. The Morgan fingerprint density at radius 1 is 1.23 bits per heavy atom. The third kappa shape index (κ3) is 7.26. The minimum Gasteiger partial charge on any atom is -0.480 e. The zero-order chi connectivity index (χ0) is 16.4. The quantitative estimate of drug-likeness (QED) is 0.635. The van der Waals surface area contributed by atoms with Crippen molar-refractivity contribution in [1.29, 1.82) is 0 Å². The molecule has 1 amide bonds. The fraction of sp³-hybridized carbons (Fsp3) is 0.429. The summed E-state index contributed by atoms with van der Waals surface area (Å²) in [5, 5.41) is 11.3. The van der Waals surface area contributed by atoms with Crippen LogP contribution in [0.25, 0.3) is 0 Å². The van der Waals surface area contributed by atoms with Crippen LogP contribution < -0.4 is 10.1 Å². The molecule has 1 aromatic rings. The molecular weight excluding hydrogens is 314 g/mol. The van der Waals surface area contributed by atoms with Gasteiger partial charge < -0.3 is 24.6 Å². The van der Waals surface area contributed by atoms with Crippen molar-refractivity contribution < 1.29 is 28.9 Å². The van der Waals surface area contributed by atoms with E-state index in [0.717, 1.165) is 0 Å². The Kier molecular flexibility index (Phi) is 8.27. The lowest BCUT2D eigenvalue weighted by molar-refractivity contribution is -0.139. The average Bonchev–Trinajstić information content (AvgIpc) is 2.46. The maximum absolute atomic E-state index is 11.6. The van der Waals surface area contributed by atoms with E-state index < -0.39 is 12.6 Å². The third-order valence-electron chi connectivity index (χ3n) is 2.38. The molecule has 0 aliphatic carbocycles. The van der Waals surface area contributed by atoms with Crippen molar-refractivity contribution in [3.63, 3.8) is 0 Å². The van der Waals surface area contributed by atoms with Gasteiger partial charge in [0.1, 0.15) is 12.4 Å². The molecule has 0 radical (unpaired) electrons. The summed E-state index contributed by atoms with van der Waals surface area (Å²) in [7, 11) is 0. The predicted molar refractivity (Wildman–Crippen MR) is 80.5 cm³/mol. The van der Waals surface area contributed by atoms with Gasteiger partial charge in [0.2, 0.25) is 5.91 Å². The maximum atomic E-state index is 11.6. The first-order valence-electron chi connectivity index (χ1n) is 6.62. The molecule has 0 heterocycles. The molecule has 0 fully saturated rings. The number of aliphatic carboxylic acids is 1. The van der Waals surface area contributed by atoms with Crippen molar-refractivity contribution in [3.05, 3.63) is 23.2 Å². The highest BCUT2D eigenvalue weighted by molar-refractivity contribution is 6.32. The molecule has 22 heavy (non-hydrogen) atoms. The number of hydrogen-bond acceptors (Lipinski definition) is 5. The van der Waals surface area contributed by atoms with E-state index in [-0.39, 0.29) is 23.3 Å². The molecule has 2 N–H and O–H groups in total. The van der Waals surface area contributed by atoms with E-state index in [1.807, 2.05) is 6.92 Å². The van der Waals surface area contributed by atoms with Gasteiger partial charge in [-0.1, -0.05) is 11.6 Å². The van der Waals surface area contributed by atoms with Crippen LogP contribution in [0.3, 0.4) is 0 Å². The Hall–Kier alpha value is -1.83. The number of carboxylic acids is 1. The van der Waals surface area contributed by atoms with Crippen LogP contribution in [-0.4, -0.2) is 50.0 Å². The number of nitrogens with one attached hydrogen (secondary N) is 1. The van der Waals surface area contributed by atoms with E-state index in [0.29, 0.717) is 25.5 Å². The molecule has 0 aliphatic rings. The molecule has 1 rings (SSSR count). The van der Waals surface area contributed by atoms with Crippen LogP contribution in [0.2, 0.25) is 5.02 Å². The lowest BCUT2D eigenvalue weighted by Gasteiger charge is -2.09. The van der Waals surface area contributed by atoms with Gasteiger partial charge in [-0.15, -0.1) is 0 Å². The zero-order valence-electron chi connectivity index (χ0n) is 12.1. The molecule has 0 atom stereocenters. The van der Waals surface area contributed by atoms with Gasteiger partial charge in [0.25, 0.3) is 0 Å². The first-order valence-corrected chi connectivity index (χ1v) is 7.00. The predicted octanol–water partition coefficient (Wildman–Crippen LogP) is 1.79. The normalized spacial score (nSPS) is 10.3. The number of anilines is 1. The summed E-state index contributed by atoms with van der Waals surface area (Å²) in [6.45, 7) is 2.67. The Morgan fingerprint density at radius 2 is 1.95 bits per heavy atom. The molecule has 0 saturated carbocycles. The monoisotopic (exact) mass is 331 g/mol. The van der Waals surface area contributed by atoms with E-state index in [9.17, 15) is 9.59 Å². The SMILES string of the molecule is CCOCCOCC(=O)Nc1ccc(OCC(=O)O)c(Cl)c1. The lowest BCUT2D eigenvalue weighted by Crippen LogP contribution is -2.19. The second kappa shape index (κ2) is 9.99. The molecule has 8 heteroatoms. The molecule has 122 valence electrons. The Balaban J connectivity index is 2.40. The third-order valence-corrected chi connectivity index (χ3v) is 2.67. The number of ether oxygens (including phenoxy) is 3. The number of carbonyl (C=O) groups excluding carboxylic acids is 1. The minimum atomic E-state index is -1.10. The number of hydrogen-bond donors (Lipinski definition) is 2. The number of carbonyl (C=O) groups is 2. The summed E-state index contributed by atoms with van der Waals surface area (Å²) in [4.78, 5) is 22.0. The number of carboxylic acid groups (broad SMARTS) is 1. The highest BCUT2D eigenvalue weighted by Crippen LogP contribution is 2.27. The zero-order valence-corrected chi connectivity index (χ0v) is 12.9. The highest BCUT2D eigenvalue weighted by atomic mass is 35.5.